The fraction of sp³-hybridized carbons (Fsp3) is 0.235. The summed E-state index contributed by atoms with van der Waals surface area (Å²) in [4.78, 5) is 14.1. The van der Waals surface area contributed by atoms with Gasteiger partial charge < -0.3 is 9.64 Å². The molecule has 1 heterocycles. The van der Waals surface area contributed by atoms with Gasteiger partial charge >= 0.3 is 0 Å². The molecule has 0 aliphatic carbocycles. The fourth-order valence-electron chi connectivity index (χ4n) is 2.54. The summed E-state index contributed by atoms with van der Waals surface area (Å²) in [5.74, 6) is 1.04. The first kappa shape index (κ1) is 14.1. The van der Waals surface area contributed by atoms with Crippen LogP contribution in [0.2, 0.25) is 0 Å². The summed E-state index contributed by atoms with van der Waals surface area (Å²) in [5.41, 5.74) is 2.08. The maximum absolute atomic E-state index is 12.2. The summed E-state index contributed by atoms with van der Waals surface area (Å²) in [6, 6.07) is 17.9. The number of hydrogen-bond donors (Lipinski definition) is 0. The molecule has 3 rings (SSSR count). The first-order valence-electron chi connectivity index (χ1n) is 6.92. The standard InChI is InChI=1S/C17H16BrNO2/c18-10-14(13-6-2-1-3-7-13)11-19-15-8-4-5-9-16(15)21-12-17(19)20/h1-9,14H,10-12H2. The number of benzene rings is 2. The first-order chi connectivity index (χ1) is 10.3. The van der Waals surface area contributed by atoms with Gasteiger partial charge in [0.2, 0.25) is 0 Å². The van der Waals surface area contributed by atoms with Crippen molar-refractivity contribution in [3.63, 3.8) is 0 Å². The van der Waals surface area contributed by atoms with Gasteiger partial charge in [-0.05, 0) is 17.7 Å². The number of nitrogens with zero attached hydrogens (tertiary/aromatic N) is 1. The molecular weight excluding hydrogens is 330 g/mol. The highest BCUT2D eigenvalue weighted by Gasteiger charge is 2.27. The molecule has 0 saturated heterocycles. The number of ether oxygens (including phenoxy) is 1. The van der Waals surface area contributed by atoms with Crippen molar-refractivity contribution in [1.82, 2.24) is 0 Å². The van der Waals surface area contributed by atoms with Crippen LogP contribution in [-0.2, 0) is 4.79 Å². The molecule has 1 amide bonds. The van der Waals surface area contributed by atoms with E-state index < -0.39 is 0 Å². The number of amides is 1. The van der Waals surface area contributed by atoms with E-state index in [-0.39, 0.29) is 18.4 Å². The van der Waals surface area contributed by atoms with E-state index >= 15 is 0 Å². The van der Waals surface area contributed by atoms with Gasteiger partial charge in [0.1, 0.15) is 5.75 Å². The maximum atomic E-state index is 12.2. The lowest BCUT2D eigenvalue weighted by Gasteiger charge is -2.32. The molecule has 1 unspecified atom stereocenters. The molecule has 0 aromatic heterocycles. The Bertz CT molecular complexity index is 630. The third kappa shape index (κ3) is 2.95. The van der Waals surface area contributed by atoms with Gasteiger partial charge in [0.15, 0.2) is 6.61 Å². The highest BCUT2D eigenvalue weighted by Crippen LogP contribution is 2.33. The van der Waals surface area contributed by atoms with Crippen molar-refractivity contribution in [2.24, 2.45) is 0 Å². The Kier molecular flexibility index (Phi) is 4.25. The van der Waals surface area contributed by atoms with E-state index in [9.17, 15) is 4.79 Å². The maximum Gasteiger partial charge on any atom is 0.265 e. The fourth-order valence-corrected chi connectivity index (χ4v) is 3.12. The van der Waals surface area contributed by atoms with Crippen molar-refractivity contribution in [2.45, 2.75) is 5.92 Å². The van der Waals surface area contributed by atoms with Crippen molar-refractivity contribution in [3.8, 4) is 5.75 Å². The Morgan fingerprint density at radius 2 is 1.81 bits per heavy atom. The largest absolute Gasteiger partial charge is 0.482 e. The zero-order valence-electron chi connectivity index (χ0n) is 11.5. The Labute approximate surface area is 132 Å². The molecule has 0 N–H and O–H groups in total. The van der Waals surface area contributed by atoms with Crippen molar-refractivity contribution >= 4 is 27.5 Å². The topological polar surface area (TPSA) is 29.5 Å². The zero-order valence-corrected chi connectivity index (χ0v) is 13.1. The van der Waals surface area contributed by atoms with Gasteiger partial charge in [-0.15, -0.1) is 0 Å². The zero-order chi connectivity index (χ0) is 14.7. The quantitative estimate of drug-likeness (QED) is 0.792. The molecule has 0 radical (unpaired) electrons. The molecule has 1 aliphatic rings. The monoisotopic (exact) mass is 345 g/mol. The van der Waals surface area contributed by atoms with Crippen LogP contribution in [0.15, 0.2) is 54.6 Å². The molecule has 0 spiro atoms. The molecule has 2 aromatic rings. The lowest BCUT2D eigenvalue weighted by molar-refractivity contribution is -0.121. The molecule has 0 bridgehead atoms. The number of halogens is 1. The lowest BCUT2D eigenvalue weighted by Crippen LogP contribution is -2.41. The van der Waals surface area contributed by atoms with Gasteiger partial charge in [-0.25, -0.2) is 0 Å². The molecule has 1 aliphatic heterocycles. The summed E-state index contributed by atoms with van der Waals surface area (Å²) in [5, 5.41) is 0.809. The van der Waals surface area contributed by atoms with E-state index in [0.29, 0.717) is 6.54 Å². The summed E-state index contributed by atoms with van der Waals surface area (Å²) in [6.07, 6.45) is 0. The van der Waals surface area contributed by atoms with Crippen LogP contribution in [0.4, 0.5) is 5.69 Å². The summed E-state index contributed by atoms with van der Waals surface area (Å²) in [6.45, 7) is 0.759. The average Bonchev–Trinajstić information content (AvgIpc) is 2.55. The second-order valence-electron chi connectivity index (χ2n) is 5.02. The van der Waals surface area contributed by atoms with Gasteiger partial charge in [0.25, 0.3) is 5.91 Å². The lowest BCUT2D eigenvalue weighted by atomic mass is 10.00. The molecule has 108 valence electrons. The number of para-hydroxylation sites is 2. The van der Waals surface area contributed by atoms with Gasteiger partial charge in [-0.2, -0.15) is 0 Å². The van der Waals surface area contributed by atoms with Crippen LogP contribution >= 0.6 is 15.9 Å². The first-order valence-corrected chi connectivity index (χ1v) is 8.05. The second-order valence-corrected chi connectivity index (χ2v) is 5.67. The smallest absolute Gasteiger partial charge is 0.265 e. The third-order valence-electron chi connectivity index (χ3n) is 3.67. The number of rotatable bonds is 4. The molecule has 21 heavy (non-hydrogen) atoms. The normalized spacial score (nSPS) is 15.3. The molecule has 4 heteroatoms. The molecule has 1 atom stereocenters. The molecule has 0 saturated carbocycles. The number of carbonyl (C=O) groups excluding carboxylic acids is 1. The number of anilines is 1. The minimum atomic E-state index is 0.00980. The predicted molar refractivity (Wildman–Crippen MR) is 87.3 cm³/mol. The van der Waals surface area contributed by atoms with Crippen LogP contribution in [0.5, 0.6) is 5.75 Å². The SMILES string of the molecule is O=C1COc2ccccc2N1CC(CBr)c1ccccc1. The Balaban J connectivity index is 1.88. The van der Waals surface area contributed by atoms with Crippen molar-refractivity contribution < 1.29 is 9.53 Å². The van der Waals surface area contributed by atoms with E-state index in [2.05, 4.69) is 28.1 Å². The number of alkyl halides is 1. The van der Waals surface area contributed by atoms with Gasteiger partial charge in [0.05, 0.1) is 5.69 Å². The second kappa shape index (κ2) is 6.31. The Morgan fingerprint density at radius 3 is 2.57 bits per heavy atom. The Hall–Kier alpha value is -1.81. The van der Waals surface area contributed by atoms with Gasteiger partial charge in [-0.3, -0.25) is 4.79 Å². The number of fused-ring (bicyclic) bond motifs is 1. The van der Waals surface area contributed by atoms with Crippen LogP contribution in [0, 0.1) is 0 Å². The molecule has 3 nitrogen and oxygen atoms in total. The molecule has 2 aromatic carbocycles. The van der Waals surface area contributed by atoms with Crippen LogP contribution in [0.3, 0.4) is 0 Å². The van der Waals surface area contributed by atoms with E-state index in [1.807, 2.05) is 47.4 Å². The van der Waals surface area contributed by atoms with Crippen molar-refractivity contribution in [2.75, 3.05) is 23.4 Å². The van der Waals surface area contributed by atoms with Crippen LogP contribution in [0.1, 0.15) is 11.5 Å². The summed E-state index contributed by atoms with van der Waals surface area (Å²) < 4.78 is 5.48. The number of hydrogen-bond acceptors (Lipinski definition) is 2. The number of carbonyl (C=O) groups is 1. The van der Waals surface area contributed by atoms with Gasteiger partial charge in [-0.1, -0.05) is 58.4 Å². The van der Waals surface area contributed by atoms with Gasteiger partial charge in [0, 0.05) is 17.8 Å². The third-order valence-corrected chi connectivity index (χ3v) is 4.45. The van der Waals surface area contributed by atoms with Crippen LogP contribution in [0.25, 0.3) is 0 Å². The minimum Gasteiger partial charge on any atom is -0.482 e. The van der Waals surface area contributed by atoms with E-state index in [1.165, 1.54) is 5.56 Å². The average molecular weight is 346 g/mol. The summed E-state index contributed by atoms with van der Waals surface area (Å²) in [7, 11) is 0. The van der Waals surface area contributed by atoms with Crippen molar-refractivity contribution in [3.05, 3.63) is 60.2 Å². The Morgan fingerprint density at radius 1 is 1.10 bits per heavy atom. The van der Waals surface area contributed by atoms with E-state index in [4.69, 9.17) is 4.74 Å². The minimum absolute atomic E-state index is 0.00980. The molecule has 0 fully saturated rings. The predicted octanol–water partition coefficient (Wildman–Crippen LogP) is 3.59. The van der Waals surface area contributed by atoms with Crippen LogP contribution in [-0.4, -0.2) is 24.4 Å². The van der Waals surface area contributed by atoms with Crippen molar-refractivity contribution in [1.29, 1.82) is 0 Å². The summed E-state index contributed by atoms with van der Waals surface area (Å²) >= 11 is 3.57. The van der Waals surface area contributed by atoms with E-state index in [0.717, 1.165) is 16.8 Å². The molecular formula is C17H16BrNO2. The highest BCUT2D eigenvalue weighted by atomic mass is 79.9. The highest BCUT2D eigenvalue weighted by molar-refractivity contribution is 9.09. The van der Waals surface area contributed by atoms with Crippen LogP contribution < -0.4 is 9.64 Å². The van der Waals surface area contributed by atoms with E-state index in [1.54, 1.807) is 0 Å².